The molecule has 3 rings (SSSR count). The van der Waals surface area contributed by atoms with Gasteiger partial charge in [0.2, 0.25) is 0 Å². The molecule has 3 atom stereocenters. The van der Waals surface area contributed by atoms with Crippen LogP contribution in [0.25, 0.3) is 0 Å². The van der Waals surface area contributed by atoms with E-state index in [0.717, 1.165) is 32.6 Å². The number of halogens is 3. The number of urea groups is 1. The van der Waals surface area contributed by atoms with Gasteiger partial charge in [0.15, 0.2) is 0 Å². The van der Waals surface area contributed by atoms with Gasteiger partial charge in [0.25, 0.3) is 0 Å². The Hall–Kier alpha value is -2.04. The summed E-state index contributed by atoms with van der Waals surface area (Å²) in [6.07, 6.45) is -2.93. The van der Waals surface area contributed by atoms with Gasteiger partial charge in [-0.05, 0) is 19.3 Å². The molecule has 0 spiro atoms. The highest BCUT2D eigenvalue weighted by Gasteiger charge is 2.44. The molecule has 0 radical (unpaired) electrons. The number of carboxylic acids is 2. The van der Waals surface area contributed by atoms with Crippen LogP contribution in [0.15, 0.2) is 0 Å². The maximum Gasteiger partial charge on any atom is 0.490 e. The van der Waals surface area contributed by atoms with Crippen molar-refractivity contribution < 1.29 is 37.8 Å². The van der Waals surface area contributed by atoms with Crippen LogP contribution in [0.3, 0.4) is 0 Å². The van der Waals surface area contributed by atoms with Crippen molar-refractivity contribution in [2.45, 2.75) is 37.5 Å². The Morgan fingerprint density at radius 3 is 2.24 bits per heavy atom. The average Bonchev–Trinajstić information content (AvgIpc) is 3.12. The van der Waals surface area contributed by atoms with Crippen molar-refractivity contribution in [3.8, 4) is 0 Å². The fourth-order valence-corrected chi connectivity index (χ4v) is 3.42. The van der Waals surface area contributed by atoms with Crippen molar-refractivity contribution in [3.63, 3.8) is 0 Å². The SMILES string of the molecule is O=C(O)C(F)(F)F.O=C(O)[C@H]1CC[C@H](N2C[C@@H]3CNCCN3C2=O)C1. The van der Waals surface area contributed by atoms with Gasteiger partial charge in [-0.2, -0.15) is 13.2 Å². The van der Waals surface area contributed by atoms with Gasteiger partial charge >= 0.3 is 24.1 Å². The number of rotatable bonds is 2. The van der Waals surface area contributed by atoms with Crippen LogP contribution in [0.2, 0.25) is 0 Å². The number of aliphatic carboxylic acids is 2. The van der Waals surface area contributed by atoms with Gasteiger partial charge in [0, 0.05) is 32.2 Å². The van der Waals surface area contributed by atoms with E-state index in [1.807, 2.05) is 9.80 Å². The molecule has 1 saturated carbocycles. The Morgan fingerprint density at radius 1 is 1.12 bits per heavy atom. The minimum atomic E-state index is -5.08. The zero-order valence-electron chi connectivity index (χ0n) is 13.3. The van der Waals surface area contributed by atoms with Gasteiger partial charge in [-0.25, -0.2) is 9.59 Å². The lowest BCUT2D eigenvalue weighted by atomic mass is 10.1. The molecular weight excluding hydrogens is 347 g/mol. The quantitative estimate of drug-likeness (QED) is 0.659. The van der Waals surface area contributed by atoms with Crippen molar-refractivity contribution in [2.75, 3.05) is 26.2 Å². The first-order valence-electron chi connectivity index (χ1n) is 7.92. The van der Waals surface area contributed by atoms with E-state index in [1.165, 1.54) is 0 Å². The molecule has 1 aliphatic carbocycles. The highest BCUT2D eigenvalue weighted by atomic mass is 19.4. The number of piperazine rings is 1. The monoisotopic (exact) mass is 367 g/mol. The van der Waals surface area contributed by atoms with E-state index in [1.54, 1.807) is 0 Å². The Kier molecular flexibility index (Phi) is 5.76. The molecule has 0 unspecified atom stereocenters. The molecule has 142 valence electrons. The summed E-state index contributed by atoms with van der Waals surface area (Å²) >= 11 is 0. The molecule has 3 aliphatic rings. The van der Waals surface area contributed by atoms with E-state index < -0.39 is 18.1 Å². The summed E-state index contributed by atoms with van der Waals surface area (Å²) in [6, 6.07) is 0.511. The zero-order chi connectivity index (χ0) is 18.8. The molecule has 2 heterocycles. The average molecular weight is 367 g/mol. The van der Waals surface area contributed by atoms with Crippen LogP contribution in [0.5, 0.6) is 0 Å². The zero-order valence-corrected chi connectivity index (χ0v) is 13.3. The van der Waals surface area contributed by atoms with E-state index in [2.05, 4.69) is 5.32 Å². The van der Waals surface area contributed by atoms with Crippen LogP contribution in [0, 0.1) is 5.92 Å². The topological polar surface area (TPSA) is 110 Å². The Balaban J connectivity index is 0.000000277. The summed E-state index contributed by atoms with van der Waals surface area (Å²) in [5.41, 5.74) is 0. The van der Waals surface area contributed by atoms with Crippen molar-refractivity contribution in [1.29, 1.82) is 0 Å². The molecule has 0 aromatic carbocycles. The van der Waals surface area contributed by atoms with Gasteiger partial charge in [-0.15, -0.1) is 0 Å². The fraction of sp³-hybridized carbons (Fsp3) is 0.786. The smallest absolute Gasteiger partial charge is 0.481 e. The molecule has 3 N–H and O–H groups in total. The van der Waals surface area contributed by atoms with Crippen molar-refractivity contribution in [1.82, 2.24) is 15.1 Å². The Labute approximate surface area is 141 Å². The van der Waals surface area contributed by atoms with Crippen LogP contribution >= 0.6 is 0 Å². The number of carboxylic acid groups (broad SMARTS) is 2. The largest absolute Gasteiger partial charge is 0.490 e. The molecule has 2 saturated heterocycles. The van der Waals surface area contributed by atoms with E-state index in [4.69, 9.17) is 15.0 Å². The van der Waals surface area contributed by atoms with E-state index in [9.17, 15) is 22.8 Å². The highest BCUT2D eigenvalue weighted by molar-refractivity contribution is 5.78. The lowest BCUT2D eigenvalue weighted by molar-refractivity contribution is -0.192. The normalized spacial score (nSPS) is 29.1. The summed E-state index contributed by atoms with van der Waals surface area (Å²) in [6.45, 7) is 3.24. The highest BCUT2D eigenvalue weighted by Crippen LogP contribution is 2.33. The van der Waals surface area contributed by atoms with Crippen molar-refractivity contribution in [3.05, 3.63) is 0 Å². The van der Waals surface area contributed by atoms with E-state index in [-0.39, 0.29) is 24.0 Å². The third kappa shape index (κ3) is 4.53. The molecule has 11 heteroatoms. The maximum atomic E-state index is 12.3. The summed E-state index contributed by atoms with van der Waals surface area (Å²) < 4.78 is 31.7. The molecule has 2 amide bonds. The molecule has 0 aromatic rings. The first-order chi connectivity index (χ1) is 11.6. The summed E-state index contributed by atoms with van der Waals surface area (Å²) in [5, 5.41) is 19.4. The predicted octanol–water partition coefficient (Wildman–Crippen LogP) is 0.582. The number of nitrogens with zero attached hydrogens (tertiary/aromatic N) is 2. The molecule has 0 bridgehead atoms. The number of carbonyl (C=O) groups is 3. The lowest BCUT2D eigenvalue weighted by Crippen LogP contribution is -2.50. The lowest BCUT2D eigenvalue weighted by Gasteiger charge is -2.28. The molecule has 3 fully saturated rings. The Bertz CT molecular complexity index is 542. The van der Waals surface area contributed by atoms with Crippen LogP contribution in [-0.2, 0) is 9.59 Å². The van der Waals surface area contributed by atoms with Crippen molar-refractivity contribution in [2.24, 2.45) is 5.92 Å². The van der Waals surface area contributed by atoms with E-state index in [0.29, 0.717) is 12.8 Å². The number of hydrogen-bond acceptors (Lipinski definition) is 4. The third-order valence-corrected chi connectivity index (χ3v) is 4.69. The van der Waals surface area contributed by atoms with E-state index >= 15 is 0 Å². The first-order valence-corrected chi connectivity index (χ1v) is 7.92. The number of alkyl halides is 3. The van der Waals surface area contributed by atoms with Crippen LogP contribution in [-0.4, -0.2) is 82.4 Å². The molecular formula is C14H20F3N3O5. The first kappa shape index (κ1) is 19.3. The van der Waals surface area contributed by atoms with Gasteiger partial charge in [-0.1, -0.05) is 0 Å². The number of fused-ring (bicyclic) bond motifs is 1. The molecule has 0 aromatic heterocycles. The maximum absolute atomic E-state index is 12.3. The minimum Gasteiger partial charge on any atom is -0.481 e. The molecule has 2 aliphatic heterocycles. The number of nitrogens with one attached hydrogen (secondary N) is 1. The van der Waals surface area contributed by atoms with Crippen molar-refractivity contribution >= 4 is 18.0 Å². The number of carbonyl (C=O) groups excluding carboxylic acids is 1. The van der Waals surface area contributed by atoms with Gasteiger partial charge < -0.3 is 25.3 Å². The fourth-order valence-electron chi connectivity index (χ4n) is 3.42. The number of amides is 2. The summed E-state index contributed by atoms with van der Waals surface area (Å²) in [4.78, 5) is 36.0. The second kappa shape index (κ2) is 7.46. The third-order valence-electron chi connectivity index (χ3n) is 4.69. The molecule has 8 nitrogen and oxygen atoms in total. The Morgan fingerprint density at radius 2 is 1.76 bits per heavy atom. The second-order valence-corrected chi connectivity index (χ2v) is 6.29. The van der Waals surface area contributed by atoms with Crippen LogP contribution < -0.4 is 5.32 Å². The standard InChI is InChI=1S/C12H19N3O3.C2HF3O2/c16-11(17)8-1-2-9(5-8)15-7-10-6-13-3-4-14(10)12(15)18;3-2(4,5)1(6)7/h8-10,13H,1-7H2,(H,16,17);(H,6,7)/t8-,9-,10-;/m0./s1. The van der Waals surface area contributed by atoms with Gasteiger partial charge in [0.1, 0.15) is 0 Å². The van der Waals surface area contributed by atoms with Gasteiger partial charge in [-0.3, -0.25) is 4.79 Å². The van der Waals surface area contributed by atoms with Gasteiger partial charge in [0.05, 0.1) is 12.0 Å². The minimum absolute atomic E-state index is 0.109. The predicted molar refractivity (Wildman–Crippen MR) is 77.9 cm³/mol. The number of hydrogen-bond donors (Lipinski definition) is 3. The second-order valence-electron chi connectivity index (χ2n) is 6.29. The summed E-state index contributed by atoms with van der Waals surface area (Å²) in [7, 11) is 0. The summed E-state index contributed by atoms with van der Waals surface area (Å²) in [5.74, 6) is -3.74. The van der Waals surface area contributed by atoms with Crippen LogP contribution in [0.4, 0.5) is 18.0 Å². The van der Waals surface area contributed by atoms with Crippen LogP contribution in [0.1, 0.15) is 19.3 Å². The molecule has 25 heavy (non-hydrogen) atoms.